The Balaban J connectivity index is 1.90. The van der Waals surface area contributed by atoms with Gasteiger partial charge in [-0.05, 0) is 56.8 Å². The summed E-state index contributed by atoms with van der Waals surface area (Å²) < 4.78 is 53.5. The Bertz CT molecular complexity index is 1360. The molecule has 4 N–H and O–H groups in total. The van der Waals surface area contributed by atoms with Gasteiger partial charge in [-0.3, -0.25) is 23.7 Å². The molecule has 1 aromatic heterocycles. The predicted octanol–water partition coefficient (Wildman–Crippen LogP) is 3.09. The highest BCUT2D eigenvalue weighted by Crippen LogP contribution is 2.47. The molecule has 1 aliphatic heterocycles. The van der Waals surface area contributed by atoms with E-state index in [2.05, 4.69) is 10.1 Å². The predicted molar refractivity (Wildman–Crippen MR) is 141 cm³/mol. The zero-order chi connectivity index (χ0) is 29.9. The van der Waals surface area contributed by atoms with E-state index in [0.717, 1.165) is 17.1 Å². The number of aromatic amines is 1. The molecule has 12 nitrogen and oxygen atoms in total. The number of unbranched alkanes of at least 4 members (excludes halogenated alkanes) is 1. The van der Waals surface area contributed by atoms with E-state index in [1.807, 2.05) is 6.92 Å². The second-order valence-electron chi connectivity index (χ2n) is 8.72. The Morgan fingerprint density at radius 3 is 2.74 bits per heavy atom. The Morgan fingerprint density at radius 1 is 1.42 bits per heavy atom. The lowest BCUT2D eigenvalue weighted by molar-refractivity contribution is -0.145. The van der Waals surface area contributed by atoms with Crippen LogP contribution in [0, 0.1) is 4.77 Å². The molecule has 6 atom stereocenters. The molecule has 2 unspecified atom stereocenters. The fraction of sp³-hybridized carbons (Fsp3) is 0.522. The van der Waals surface area contributed by atoms with Gasteiger partial charge in [-0.25, -0.2) is 4.57 Å². The summed E-state index contributed by atoms with van der Waals surface area (Å²) in [4.78, 5) is 26.4. The van der Waals surface area contributed by atoms with Crippen molar-refractivity contribution < 1.29 is 40.8 Å². The fourth-order valence-electron chi connectivity index (χ4n) is 3.41. The van der Waals surface area contributed by atoms with Crippen molar-refractivity contribution >= 4 is 37.5 Å². The van der Waals surface area contributed by atoms with Gasteiger partial charge in [0.1, 0.15) is 29.6 Å². The van der Waals surface area contributed by atoms with E-state index in [-0.39, 0.29) is 17.1 Å². The van der Waals surface area contributed by atoms with Crippen LogP contribution in [0.3, 0.4) is 0 Å². The summed E-state index contributed by atoms with van der Waals surface area (Å²) >= 11 is 11.0. The lowest BCUT2D eigenvalue weighted by atomic mass is 9.96. The van der Waals surface area contributed by atoms with Crippen molar-refractivity contribution in [2.75, 3.05) is 13.2 Å². The Morgan fingerprint density at radius 2 is 2.11 bits per heavy atom. The van der Waals surface area contributed by atoms with Crippen molar-refractivity contribution in [2.45, 2.75) is 63.7 Å². The van der Waals surface area contributed by atoms with Crippen molar-refractivity contribution in [3.8, 4) is 5.75 Å². The normalized spacial score (nSPS) is 26.6. The van der Waals surface area contributed by atoms with Gasteiger partial charge in [0.05, 0.1) is 15.9 Å². The molecule has 0 amide bonds. The van der Waals surface area contributed by atoms with Crippen molar-refractivity contribution in [3.05, 3.63) is 56.7 Å². The van der Waals surface area contributed by atoms with E-state index in [4.69, 9.17) is 45.1 Å². The molecule has 15 heteroatoms. The number of H-pyrrole nitrogens is 1. The summed E-state index contributed by atoms with van der Waals surface area (Å²) in [6, 6.07) is 5.38. The van der Waals surface area contributed by atoms with Crippen LogP contribution in [0.4, 0.5) is 0 Å². The number of rotatable bonds is 12. The molecule has 2 heterocycles. The number of esters is 1. The molecule has 1 saturated heterocycles. The number of aromatic nitrogens is 2. The zero-order valence-corrected chi connectivity index (χ0v) is 23.3. The molecule has 0 radical (unpaired) electrons. The first kappa shape index (κ1) is 27.5. The number of carbonyl (C=O) groups excluding carboxylic acids is 1. The fourth-order valence-corrected chi connectivity index (χ4v) is 5.16. The van der Waals surface area contributed by atoms with Crippen LogP contribution in [0.1, 0.15) is 42.6 Å². The van der Waals surface area contributed by atoms with E-state index in [1.54, 1.807) is 0 Å². The number of aliphatic hydroxyl groups is 2. The van der Waals surface area contributed by atoms with Crippen molar-refractivity contribution in [2.24, 2.45) is 0 Å². The first-order chi connectivity index (χ1) is 18.6. The van der Waals surface area contributed by atoms with Crippen LogP contribution in [0.2, 0.25) is 5.02 Å². The quantitative estimate of drug-likeness (QED) is 0.124. The maximum Gasteiger partial charge on any atom is 0.459 e. The topological polar surface area (TPSA) is 161 Å². The minimum absolute atomic E-state index is 0.0418. The number of carbonyl (C=O) groups is 1. The highest BCUT2D eigenvalue weighted by atomic mass is 35.5. The van der Waals surface area contributed by atoms with Crippen LogP contribution < -0.4 is 15.2 Å². The monoisotopic (exact) mass is 593 g/mol. The SMILES string of the molecule is [2H]C([2H])(OP(=O)(N[C@@H](C)C(=O)OCCCC)Oc1ccc(Cl)cc1)[C@H]1O[C@@H](n2ccc(=O)[nH]c2=S)C(C)(O)[C@H]1O. The third kappa shape index (κ3) is 7.51. The van der Waals surface area contributed by atoms with Gasteiger partial charge < -0.3 is 24.2 Å². The van der Waals surface area contributed by atoms with Gasteiger partial charge in [0, 0.05) is 17.3 Å². The Labute approximate surface area is 232 Å². The minimum atomic E-state index is -4.77. The van der Waals surface area contributed by atoms with Gasteiger partial charge in [0.2, 0.25) is 0 Å². The standard InChI is InChI=1S/C23H31ClN3O9PS/c1-4-5-12-33-20(30)14(2)26-37(32,36-16-8-6-15(24)7-9-16)34-13-17-19(29)23(3,31)21(35-17)27-11-10-18(28)25-22(27)38/h6-11,14,17,19,21,29,31H,4-5,12-13H2,1-3H3,(H,26,32)(H,25,28,38)/t14-,17+,19-,21+,23?,37?/m0/s1/i13D2. The number of nitrogens with one attached hydrogen (secondary N) is 2. The Hall–Kier alpha value is -2.09. The molecular formula is C23H31ClN3O9PS. The molecule has 0 bridgehead atoms. The first-order valence-corrected chi connectivity index (χ1v) is 14.0. The highest BCUT2D eigenvalue weighted by molar-refractivity contribution is 7.71. The van der Waals surface area contributed by atoms with Crippen molar-refractivity contribution in [1.29, 1.82) is 0 Å². The van der Waals surface area contributed by atoms with Gasteiger partial charge in [-0.1, -0.05) is 24.9 Å². The first-order valence-electron chi connectivity index (χ1n) is 12.7. The van der Waals surface area contributed by atoms with Crippen LogP contribution in [-0.2, 0) is 23.4 Å². The molecule has 38 heavy (non-hydrogen) atoms. The molecule has 1 aliphatic rings. The number of nitrogens with zero attached hydrogens (tertiary/aromatic N) is 1. The lowest BCUT2D eigenvalue weighted by Gasteiger charge is -2.28. The molecule has 0 saturated carbocycles. The van der Waals surface area contributed by atoms with Crippen LogP contribution >= 0.6 is 31.6 Å². The number of benzene rings is 1. The number of ether oxygens (including phenoxy) is 2. The summed E-state index contributed by atoms with van der Waals surface area (Å²) in [5.74, 6) is -0.829. The summed E-state index contributed by atoms with van der Waals surface area (Å²) in [6.45, 7) is 1.43. The van der Waals surface area contributed by atoms with E-state index in [9.17, 15) is 24.4 Å². The average Bonchev–Trinajstić information content (AvgIpc) is 3.09. The van der Waals surface area contributed by atoms with Crippen LogP contribution in [-0.4, -0.2) is 62.8 Å². The summed E-state index contributed by atoms with van der Waals surface area (Å²) in [6.07, 6.45) is -2.79. The smallest absolute Gasteiger partial charge is 0.459 e. The van der Waals surface area contributed by atoms with E-state index >= 15 is 0 Å². The number of aliphatic hydroxyl groups excluding tert-OH is 1. The van der Waals surface area contributed by atoms with Gasteiger partial charge in [-0.15, -0.1) is 0 Å². The van der Waals surface area contributed by atoms with Crippen LogP contribution in [0.25, 0.3) is 0 Å². The van der Waals surface area contributed by atoms with Crippen molar-refractivity contribution in [1.82, 2.24) is 14.6 Å². The summed E-state index contributed by atoms with van der Waals surface area (Å²) in [7, 11) is -4.77. The van der Waals surface area contributed by atoms with Crippen molar-refractivity contribution in [3.63, 3.8) is 0 Å². The summed E-state index contributed by atoms with van der Waals surface area (Å²) in [5.41, 5.74) is -2.67. The molecular weight excluding hydrogens is 561 g/mol. The number of hydrogen-bond donors (Lipinski definition) is 4. The second kappa shape index (κ2) is 12.8. The molecule has 2 aromatic rings. The van der Waals surface area contributed by atoms with E-state index < -0.39 is 55.9 Å². The molecule has 3 rings (SSSR count). The second-order valence-corrected chi connectivity index (χ2v) is 11.2. The maximum absolute atomic E-state index is 13.9. The maximum atomic E-state index is 13.9. The van der Waals surface area contributed by atoms with Gasteiger partial charge >= 0.3 is 13.7 Å². The molecule has 210 valence electrons. The third-order valence-corrected chi connectivity index (χ3v) is 7.61. The molecule has 1 fully saturated rings. The van der Waals surface area contributed by atoms with E-state index in [0.29, 0.717) is 11.4 Å². The van der Waals surface area contributed by atoms with Gasteiger partial charge in [-0.2, -0.15) is 5.09 Å². The number of hydrogen-bond acceptors (Lipinski definition) is 10. The van der Waals surface area contributed by atoms with E-state index in [1.165, 1.54) is 44.3 Å². The largest absolute Gasteiger partial charge is 0.465 e. The summed E-state index contributed by atoms with van der Waals surface area (Å²) in [5, 5.41) is 24.6. The molecule has 1 aromatic carbocycles. The zero-order valence-electron chi connectivity index (χ0n) is 22.8. The highest BCUT2D eigenvalue weighted by Gasteiger charge is 2.53. The average molecular weight is 594 g/mol. The Kier molecular flexibility index (Phi) is 9.29. The number of halogens is 1. The molecule has 0 spiro atoms. The third-order valence-electron chi connectivity index (χ3n) is 5.54. The van der Waals surface area contributed by atoms with Crippen LogP contribution in [0.15, 0.2) is 41.3 Å². The van der Waals surface area contributed by atoms with Gasteiger partial charge in [0.15, 0.2) is 11.0 Å². The van der Waals surface area contributed by atoms with Gasteiger partial charge in [0.25, 0.3) is 5.56 Å². The molecule has 0 aliphatic carbocycles. The van der Waals surface area contributed by atoms with Crippen LogP contribution in [0.5, 0.6) is 5.75 Å². The lowest BCUT2D eigenvalue weighted by Crippen LogP contribution is -2.45. The minimum Gasteiger partial charge on any atom is -0.465 e.